The monoisotopic (exact) mass is 484 g/mol. The maximum atomic E-state index is 5.55. The Hall–Kier alpha value is -1.11. The molecule has 2 aromatic rings. The van der Waals surface area contributed by atoms with Crippen LogP contribution in [0.15, 0.2) is 23.6 Å². The van der Waals surface area contributed by atoms with Gasteiger partial charge in [0.25, 0.3) is 5.95 Å². The lowest BCUT2D eigenvalue weighted by Crippen LogP contribution is -2.10. The molecule has 1 heterocycles. The summed E-state index contributed by atoms with van der Waals surface area (Å²) in [7, 11) is 1.63. The molecular formula is C10H10I2N6O. The van der Waals surface area contributed by atoms with Crippen LogP contribution in [0.4, 0.5) is 5.95 Å². The first-order valence-electron chi connectivity index (χ1n) is 5.09. The smallest absolute Gasteiger partial charge is 0.263 e. The summed E-state index contributed by atoms with van der Waals surface area (Å²) >= 11 is 4.46. The van der Waals surface area contributed by atoms with E-state index in [1.807, 2.05) is 12.1 Å². The number of aromatic nitrogens is 3. The Morgan fingerprint density at radius 3 is 2.89 bits per heavy atom. The van der Waals surface area contributed by atoms with Crippen LogP contribution in [-0.4, -0.2) is 28.2 Å². The van der Waals surface area contributed by atoms with E-state index in [4.69, 9.17) is 10.6 Å². The second-order valence-electron chi connectivity index (χ2n) is 3.44. The van der Waals surface area contributed by atoms with Gasteiger partial charge in [-0.25, -0.2) is 10.1 Å². The van der Waals surface area contributed by atoms with Crippen molar-refractivity contribution in [2.45, 2.75) is 0 Å². The van der Waals surface area contributed by atoms with Crippen LogP contribution >= 0.6 is 45.2 Å². The highest BCUT2D eigenvalue weighted by atomic mass is 127. The number of methoxy groups -OCH3 is 1. The normalized spacial score (nSPS) is 10.9. The van der Waals surface area contributed by atoms with Crippen LogP contribution in [-0.2, 0) is 0 Å². The molecular weight excluding hydrogens is 474 g/mol. The number of benzene rings is 1. The predicted octanol–water partition coefficient (Wildman–Crippen LogP) is 1.66. The lowest BCUT2D eigenvalue weighted by molar-refractivity contribution is 0.411. The molecule has 0 aliphatic carbocycles. The molecule has 0 radical (unpaired) electrons. The van der Waals surface area contributed by atoms with Gasteiger partial charge in [-0.15, -0.1) is 10.2 Å². The van der Waals surface area contributed by atoms with Crippen LogP contribution in [0.25, 0.3) is 0 Å². The van der Waals surface area contributed by atoms with Crippen molar-refractivity contribution in [3.63, 3.8) is 0 Å². The van der Waals surface area contributed by atoms with E-state index in [1.165, 1.54) is 11.0 Å². The molecule has 0 fully saturated rings. The van der Waals surface area contributed by atoms with Crippen molar-refractivity contribution in [2.24, 2.45) is 5.10 Å². The summed E-state index contributed by atoms with van der Waals surface area (Å²) in [6, 6.07) is 4.00. The van der Waals surface area contributed by atoms with Crippen LogP contribution < -0.4 is 16.0 Å². The molecule has 0 amide bonds. The summed E-state index contributed by atoms with van der Waals surface area (Å²) in [5.74, 6) is 6.69. The zero-order chi connectivity index (χ0) is 13.8. The van der Waals surface area contributed by atoms with Crippen molar-refractivity contribution in [2.75, 3.05) is 18.4 Å². The predicted molar refractivity (Wildman–Crippen MR) is 89.8 cm³/mol. The van der Waals surface area contributed by atoms with Crippen LogP contribution in [0.5, 0.6) is 5.75 Å². The van der Waals surface area contributed by atoms with Gasteiger partial charge in [0, 0.05) is 9.13 Å². The number of nitrogens with one attached hydrogen (secondary N) is 1. The zero-order valence-corrected chi connectivity index (χ0v) is 14.2. The van der Waals surface area contributed by atoms with Crippen LogP contribution in [0.3, 0.4) is 0 Å². The van der Waals surface area contributed by atoms with Crippen molar-refractivity contribution in [1.29, 1.82) is 0 Å². The van der Waals surface area contributed by atoms with E-state index in [0.717, 1.165) is 18.5 Å². The van der Waals surface area contributed by atoms with Crippen molar-refractivity contribution >= 4 is 57.3 Å². The topological polar surface area (TPSA) is 90.3 Å². The first-order valence-corrected chi connectivity index (χ1v) is 7.24. The van der Waals surface area contributed by atoms with Gasteiger partial charge in [-0.3, -0.25) is 0 Å². The highest BCUT2D eigenvalue weighted by molar-refractivity contribution is 14.1. The van der Waals surface area contributed by atoms with Crippen molar-refractivity contribution in [3.05, 3.63) is 31.2 Å². The third-order valence-electron chi connectivity index (χ3n) is 2.18. The molecule has 1 aromatic carbocycles. The molecule has 0 aliphatic rings. The molecule has 19 heavy (non-hydrogen) atoms. The molecule has 0 saturated carbocycles. The number of hydrogen-bond acceptors (Lipinski definition) is 6. The third-order valence-corrected chi connectivity index (χ3v) is 3.61. The van der Waals surface area contributed by atoms with Crippen molar-refractivity contribution in [1.82, 2.24) is 14.9 Å². The number of nitrogen functional groups attached to an aromatic ring is 1. The lowest BCUT2D eigenvalue weighted by atomic mass is 10.2. The van der Waals surface area contributed by atoms with Gasteiger partial charge < -0.3 is 10.6 Å². The Balaban J connectivity index is 2.21. The van der Waals surface area contributed by atoms with Crippen molar-refractivity contribution in [3.8, 4) is 5.75 Å². The Kier molecular flexibility index (Phi) is 4.79. The van der Waals surface area contributed by atoms with E-state index in [-0.39, 0.29) is 0 Å². The van der Waals surface area contributed by atoms with Gasteiger partial charge in [-0.2, -0.15) is 5.10 Å². The number of hydrazone groups is 1. The van der Waals surface area contributed by atoms with Gasteiger partial charge >= 0.3 is 0 Å². The minimum absolute atomic E-state index is 0.357. The molecule has 3 N–H and O–H groups in total. The number of nitrogens with zero attached hydrogens (tertiary/aromatic N) is 4. The standard InChI is InChI=1S/C10H10I2N6O/c1-19-9-6(2-7(11)3-8(9)12)4-14-16-10-17-15-5-18(10)13/h2-5H,13H2,1H3,(H,16,17). The van der Waals surface area contributed by atoms with Gasteiger partial charge in [0.05, 0.1) is 16.9 Å². The average Bonchev–Trinajstić information content (AvgIpc) is 2.75. The number of anilines is 1. The van der Waals surface area contributed by atoms with Crippen molar-refractivity contribution < 1.29 is 4.74 Å². The van der Waals surface area contributed by atoms with E-state index >= 15 is 0 Å². The summed E-state index contributed by atoms with van der Waals surface area (Å²) in [4.78, 5) is 0. The number of rotatable bonds is 4. The van der Waals surface area contributed by atoms with Gasteiger partial charge in [0.2, 0.25) is 0 Å². The number of ether oxygens (including phenoxy) is 1. The largest absolute Gasteiger partial charge is 0.495 e. The van der Waals surface area contributed by atoms with Gasteiger partial charge in [-0.1, -0.05) is 0 Å². The zero-order valence-electron chi connectivity index (χ0n) is 9.84. The Morgan fingerprint density at radius 2 is 2.26 bits per heavy atom. The molecule has 9 heteroatoms. The maximum Gasteiger partial charge on any atom is 0.263 e. The summed E-state index contributed by atoms with van der Waals surface area (Å²) in [5, 5.41) is 11.5. The van der Waals surface area contributed by atoms with Gasteiger partial charge in [0.1, 0.15) is 12.1 Å². The summed E-state index contributed by atoms with van der Waals surface area (Å²) in [6.07, 6.45) is 3.03. The van der Waals surface area contributed by atoms with Crippen LogP contribution in [0.2, 0.25) is 0 Å². The molecule has 0 aliphatic heterocycles. The highest BCUT2D eigenvalue weighted by Crippen LogP contribution is 2.26. The first-order chi connectivity index (χ1) is 9.11. The van der Waals surface area contributed by atoms with Crippen LogP contribution in [0, 0.1) is 7.14 Å². The van der Waals surface area contributed by atoms with Crippen LogP contribution in [0.1, 0.15) is 5.56 Å². The van der Waals surface area contributed by atoms with Gasteiger partial charge in [-0.05, 0) is 57.3 Å². The molecule has 2 rings (SSSR count). The number of halogens is 2. The summed E-state index contributed by atoms with van der Waals surface area (Å²) < 4.78 is 8.72. The first kappa shape index (κ1) is 14.3. The van der Waals surface area contributed by atoms with E-state index in [2.05, 4.69) is 65.9 Å². The van der Waals surface area contributed by atoms with Gasteiger partial charge in [0.15, 0.2) is 0 Å². The Morgan fingerprint density at radius 1 is 1.47 bits per heavy atom. The number of nitrogens with two attached hydrogens (primary N) is 1. The Bertz CT molecular complexity index is 612. The lowest BCUT2D eigenvalue weighted by Gasteiger charge is -2.07. The third kappa shape index (κ3) is 3.46. The average molecular weight is 484 g/mol. The second-order valence-corrected chi connectivity index (χ2v) is 5.85. The summed E-state index contributed by atoms with van der Waals surface area (Å²) in [5.41, 5.74) is 3.57. The molecule has 0 bridgehead atoms. The maximum absolute atomic E-state index is 5.55. The fourth-order valence-corrected chi connectivity index (χ4v) is 3.48. The molecule has 0 spiro atoms. The second kappa shape index (κ2) is 6.36. The highest BCUT2D eigenvalue weighted by Gasteiger charge is 2.07. The molecule has 7 nitrogen and oxygen atoms in total. The van der Waals surface area contributed by atoms with E-state index < -0.39 is 0 Å². The van der Waals surface area contributed by atoms with E-state index in [0.29, 0.717) is 5.95 Å². The minimum Gasteiger partial charge on any atom is -0.495 e. The Labute approximate surface area is 136 Å². The van der Waals surface area contributed by atoms with E-state index in [1.54, 1.807) is 13.3 Å². The van der Waals surface area contributed by atoms with E-state index in [9.17, 15) is 0 Å². The SMILES string of the molecule is COc1c(I)cc(I)cc1C=NNc1nncn1N. The quantitative estimate of drug-likeness (QED) is 0.299. The summed E-state index contributed by atoms with van der Waals surface area (Å²) in [6.45, 7) is 0. The minimum atomic E-state index is 0.357. The molecule has 0 unspecified atom stereocenters. The molecule has 100 valence electrons. The fraction of sp³-hybridized carbons (Fsp3) is 0.100. The molecule has 1 aromatic heterocycles. The molecule has 0 atom stereocenters. The number of hydrogen-bond donors (Lipinski definition) is 2. The molecule has 0 saturated heterocycles. The fourth-order valence-electron chi connectivity index (χ4n) is 1.37.